The Hall–Kier alpha value is -1.75. The van der Waals surface area contributed by atoms with Crippen LogP contribution in [0.1, 0.15) is 36.7 Å². The number of aromatic nitrogens is 3. The second-order valence-corrected chi connectivity index (χ2v) is 5.13. The minimum Gasteiger partial charge on any atom is -0.313 e. The predicted molar refractivity (Wildman–Crippen MR) is 75.3 cm³/mol. The van der Waals surface area contributed by atoms with Crippen LogP contribution in [0.3, 0.4) is 0 Å². The van der Waals surface area contributed by atoms with Gasteiger partial charge in [-0.05, 0) is 38.3 Å². The lowest BCUT2D eigenvalue weighted by atomic mass is 10.0. The molecule has 2 aromatic rings. The molecule has 0 saturated heterocycles. The summed E-state index contributed by atoms with van der Waals surface area (Å²) in [6, 6.07) is 1.56. The maximum Gasteiger partial charge on any atom is 0.142 e. The lowest BCUT2D eigenvalue weighted by Crippen LogP contribution is -2.16. The summed E-state index contributed by atoms with van der Waals surface area (Å²) in [6.45, 7) is 3.49. The number of halogens is 1. The normalized spacial score (nSPS) is 14.3. The van der Waals surface area contributed by atoms with Gasteiger partial charge in [-0.1, -0.05) is 6.92 Å². The topological polar surface area (TPSA) is 42.7 Å². The number of hydrogen-bond acceptors (Lipinski definition) is 3. The van der Waals surface area contributed by atoms with E-state index in [0.717, 1.165) is 36.5 Å². The van der Waals surface area contributed by atoms with E-state index in [1.165, 1.54) is 24.7 Å². The highest BCUT2D eigenvalue weighted by Crippen LogP contribution is 2.24. The first kappa shape index (κ1) is 13.2. The minimum atomic E-state index is -0.296. The smallest absolute Gasteiger partial charge is 0.142 e. The summed E-state index contributed by atoms with van der Waals surface area (Å²) >= 11 is 0. The fourth-order valence-electron chi connectivity index (χ4n) is 2.73. The van der Waals surface area contributed by atoms with E-state index in [4.69, 9.17) is 0 Å². The van der Waals surface area contributed by atoms with Crippen molar-refractivity contribution in [2.75, 3.05) is 6.54 Å². The van der Waals surface area contributed by atoms with Crippen molar-refractivity contribution in [2.24, 2.45) is 0 Å². The van der Waals surface area contributed by atoms with Crippen LogP contribution in [0.15, 0.2) is 18.6 Å². The van der Waals surface area contributed by atoms with Crippen LogP contribution in [0.25, 0.3) is 5.82 Å². The summed E-state index contributed by atoms with van der Waals surface area (Å²) in [5.41, 5.74) is 3.27. The Balaban J connectivity index is 2.02. The number of aryl methyl sites for hydroxylation is 1. The van der Waals surface area contributed by atoms with E-state index >= 15 is 0 Å². The molecule has 2 aromatic heterocycles. The third-order valence-electron chi connectivity index (χ3n) is 3.73. The molecule has 20 heavy (non-hydrogen) atoms. The number of nitrogens with zero attached hydrogens (tertiary/aromatic N) is 3. The molecule has 0 fully saturated rings. The summed E-state index contributed by atoms with van der Waals surface area (Å²) in [4.78, 5) is 8.78. The zero-order valence-corrected chi connectivity index (χ0v) is 11.7. The van der Waals surface area contributed by atoms with E-state index in [2.05, 4.69) is 15.3 Å². The average molecular weight is 274 g/mol. The number of pyridine rings is 1. The second kappa shape index (κ2) is 5.71. The first-order chi connectivity index (χ1) is 9.79. The van der Waals surface area contributed by atoms with Crippen molar-refractivity contribution in [3.63, 3.8) is 0 Å². The van der Waals surface area contributed by atoms with Gasteiger partial charge >= 0.3 is 0 Å². The van der Waals surface area contributed by atoms with E-state index in [1.54, 1.807) is 6.07 Å². The van der Waals surface area contributed by atoms with Crippen molar-refractivity contribution in [3.8, 4) is 5.82 Å². The van der Waals surface area contributed by atoms with Gasteiger partial charge in [-0.3, -0.25) is 4.57 Å². The molecule has 0 atom stereocenters. The Morgan fingerprint density at radius 3 is 3.00 bits per heavy atom. The molecule has 2 heterocycles. The van der Waals surface area contributed by atoms with Gasteiger partial charge in [0.05, 0.1) is 11.9 Å². The Morgan fingerprint density at radius 1 is 1.30 bits per heavy atom. The van der Waals surface area contributed by atoms with Crippen molar-refractivity contribution in [3.05, 3.63) is 41.4 Å². The van der Waals surface area contributed by atoms with Gasteiger partial charge in [0, 0.05) is 17.8 Å². The van der Waals surface area contributed by atoms with Crippen LogP contribution in [0.4, 0.5) is 4.39 Å². The Bertz CT molecular complexity index is 606. The summed E-state index contributed by atoms with van der Waals surface area (Å²) in [5.74, 6) is 0.499. The molecule has 0 bridgehead atoms. The number of nitrogens with one attached hydrogen (secondary N) is 1. The van der Waals surface area contributed by atoms with Crippen LogP contribution in [-0.4, -0.2) is 21.1 Å². The molecule has 1 aliphatic carbocycles. The van der Waals surface area contributed by atoms with Crippen molar-refractivity contribution in [2.45, 2.75) is 39.2 Å². The van der Waals surface area contributed by atoms with Gasteiger partial charge in [0.25, 0.3) is 0 Å². The van der Waals surface area contributed by atoms with Gasteiger partial charge in [-0.2, -0.15) is 0 Å². The van der Waals surface area contributed by atoms with Crippen molar-refractivity contribution in [1.29, 1.82) is 0 Å². The fraction of sp³-hybridized carbons (Fsp3) is 0.467. The van der Waals surface area contributed by atoms with Crippen LogP contribution in [0.2, 0.25) is 0 Å². The molecule has 0 aliphatic heterocycles. The highest BCUT2D eigenvalue weighted by Gasteiger charge is 2.18. The molecule has 0 aromatic carbocycles. The number of rotatable bonds is 4. The van der Waals surface area contributed by atoms with Gasteiger partial charge in [0.1, 0.15) is 18.0 Å². The van der Waals surface area contributed by atoms with Crippen LogP contribution < -0.4 is 5.32 Å². The maximum absolute atomic E-state index is 13.4. The molecule has 4 nitrogen and oxygen atoms in total. The van der Waals surface area contributed by atoms with Crippen LogP contribution in [0.5, 0.6) is 0 Å². The SMILES string of the molecule is CCNCc1cc(F)cnc1-n1cnc2c1CCCC2. The molecule has 106 valence electrons. The Morgan fingerprint density at radius 2 is 2.15 bits per heavy atom. The minimum absolute atomic E-state index is 0.296. The summed E-state index contributed by atoms with van der Waals surface area (Å²) < 4.78 is 15.5. The van der Waals surface area contributed by atoms with Crippen molar-refractivity contribution in [1.82, 2.24) is 19.9 Å². The maximum atomic E-state index is 13.4. The first-order valence-electron chi connectivity index (χ1n) is 7.20. The molecule has 1 N–H and O–H groups in total. The van der Waals surface area contributed by atoms with Crippen molar-refractivity contribution >= 4 is 0 Å². The van der Waals surface area contributed by atoms with Crippen LogP contribution >= 0.6 is 0 Å². The molecule has 0 unspecified atom stereocenters. The predicted octanol–water partition coefficient (Wildman–Crippen LogP) is 2.39. The van der Waals surface area contributed by atoms with Gasteiger partial charge in [-0.25, -0.2) is 14.4 Å². The highest BCUT2D eigenvalue weighted by molar-refractivity contribution is 5.37. The third kappa shape index (κ3) is 2.45. The average Bonchev–Trinajstić information content (AvgIpc) is 2.89. The number of fused-ring (bicyclic) bond motifs is 1. The van der Waals surface area contributed by atoms with E-state index in [9.17, 15) is 4.39 Å². The first-order valence-corrected chi connectivity index (χ1v) is 7.20. The zero-order chi connectivity index (χ0) is 13.9. The largest absolute Gasteiger partial charge is 0.313 e. The van der Waals surface area contributed by atoms with Crippen LogP contribution in [0, 0.1) is 5.82 Å². The number of imidazole rings is 1. The second-order valence-electron chi connectivity index (χ2n) is 5.13. The number of hydrogen-bond donors (Lipinski definition) is 1. The van der Waals surface area contributed by atoms with Gasteiger partial charge in [-0.15, -0.1) is 0 Å². The van der Waals surface area contributed by atoms with E-state index in [1.807, 2.05) is 17.8 Å². The molecule has 3 rings (SSSR count). The summed E-state index contributed by atoms with van der Waals surface area (Å²) in [6.07, 6.45) is 7.54. The van der Waals surface area contributed by atoms with E-state index < -0.39 is 0 Å². The van der Waals surface area contributed by atoms with Gasteiger partial charge < -0.3 is 5.32 Å². The van der Waals surface area contributed by atoms with Gasteiger partial charge in [0.2, 0.25) is 0 Å². The molecular formula is C15H19FN4. The van der Waals surface area contributed by atoms with Gasteiger partial charge in [0.15, 0.2) is 0 Å². The molecule has 0 spiro atoms. The lowest BCUT2D eigenvalue weighted by molar-refractivity contribution is 0.609. The standard InChI is InChI=1S/C15H19FN4/c1-2-17-8-11-7-12(16)9-18-15(11)20-10-19-13-5-3-4-6-14(13)20/h7,9-10,17H,2-6,8H2,1H3. The van der Waals surface area contributed by atoms with E-state index in [-0.39, 0.29) is 5.82 Å². The molecule has 5 heteroatoms. The Labute approximate surface area is 118 Å². The summed E-state index contributed by atoms with van der Waals surface area (Å²) in [5, 5.41) is 3.23. The molecule has 0 saturated carbocycles. The molecule has 0 radical (unpaired) electrons. The molecular weight excluding hydrogens is 255 g/mol. The monoisotopic (exact) mass is 274 g/mol. The molecule has 0 amide bonds. The Kier molecular flexibility index (Phi) is 3.78. The quantitative estimate of drug-likeness (QED) is 0.931. The lowest BCUT2D eigenvalue weighted by Gasteiger charge is -2.16. The van der Waals surface area contributed by atoms with E-state index in [0.29, 0.717) is 6.54 Å². The third-order valence-corrected chi connectivity index (χ3v) is 3.73. The highest BCUT2D eigenvalue weighted by atomic mass is 19.1. The fourth-order valence-corrected chi connectivity index (χ4v) is 2.73. The summed E-state index contributed by atoms with van der Waals surface area (Å²) in [7, 11) is 0. The van der Waals surface area contributed by atoms with Crippen LogP contribution in [-0.2, 0) is 19.4 Å². The zero-order valence-electron chi connectivity index (χ0n) is 11.7. The van der Waals surface area contributed by atoms with Crippen molar-refractivity contribution < 1.29 is 4.39 Å². The molecule has 1 aliphatic rings.